The Morgan fingerprint density at radius 3 is 2.70 bits per heavy atom. The van der Waals surface area contributed by atoms with Crippen LogP contribution in [0.3, 0.4) is 0 Å². The van der Waals surface area contributed by atoms with Crippen molar-refractivity contribution in [1.82, 2.24) is 9.88 Å². The van der Waals surface area contributed by atoms with E-state index in [1.807, 2.05) is 0 Å². The molecule has 7 heteroatoms. The number of amides is 2. The molecule has 2 amide bonds. The quantitative estimate of drug-likeness (QED) is 0.948. The van der Waals surface area contributed by atoms with Gasteiger partial charge in [0.05, 0.1) is 16.1 Å². The topological polar surface area (TPSA) is 62.3 Å². The second-order valence-corrected chi connectivity index (χ2v) is 5.35. The Balaban J connectivity index is 2.24. The second kappa shape index (κ2) is 6.02. The molecule has 5 nitrogen and oxygen atoms in total. The van der Waals surface area contributed by atoms with Gasteiger partial charge in [-0.1, -0.05) is 11.6 Å². The number of anilines is 1. The van der Waals surface area contributed by atoms with Gasteiger partial charge in [-0.25, -0.2) is 4.98 Å². The summed E-state index contributed by atoms with van der Waals surface area (Å²) >= 11 is 7.34. The Kier molecular flexibility index (Phi) is 4.36. The van der Waals surface area contributed by atoms with Crippen LogP contribution in [-0.2, 0) is 0 Å². The van der Waals surface area contributed by atoms with Crippen LogP contribution in [-0.4, -0.2) is 35.8 Å². The molecule has 0 fully saturated rings. The molecule has 1 aromatic carbocycles. The zero-order valence-corrected chi connectivity index (χ0v) is 12.5. The normalized spacial score (nSPS) is 10.2. The highest BCUT2D eigenvalue weighted by molar-refractivity contribution is 7.07. The van der Waals surface area contributed by atoms with E-state index in [0.29, 0.717) is 22.0 Å². The molecule has 0 unspecified atom stereocenters. The lowest BCUT2D eigenvalue weighted by molar-refractivity contribution is 0.0827. The van der Waals surface area contributed by atoms with Gasteiger partial charge in [0, 0.05) is 25.2 Å². The largest absolute Gasteiger partial charge is 0.345 e. The molecule has 0 saturated carbocycles. The van der Waals surface area contributed by atoms with E-state index in [2.05, 4.69) is 10.3 Å². The molecular weight excluding hydrogens is 298 g/mol. The number of benzene rings is 1. The first-order valence-electron chi connectivity index (χ1n) is 5.70. The highest BCUT2D eigenvalue weighted by Gasteiger charge is 2.14. The molecule has 20 heavy (non-hydrogen) atoms. The Morgan fingerprint density at radius 1 is 1.35 bits per heavy atom. The van der Waals surface area contributed by atoms with Gasteiger partial charge in [0.2, 0.25) is 0 Å². The number of nitrogens with zero attached hydrogens (tertiary/aromatic N) is 2. The van der Waals surface area contributed by atoms with Crippen LogP contribution < -0.4 is 5.32 Å². The van der Waals surface area contributed by atoms with Gasteiger partial charge in [-0.3, -0.25) is 9.59 Å². The number of nitrogens with one attached hydrogen (secondary N) is 1. The predicted octanol–water partition coefficient (Wildman–Crippen LogP) is 2.75. The van der Waals surface area contributed by atoms with Gasteiger partial charge in [-0.05, 0) is 18.2 Å². The second-order valence-electron chi connectivity index (χ2n) is 4.22. The first-order valence-corrected chi connectivity index (χ1v) is 7.02. The van der Waals surface area contributed by atoms with Crippen molar-refractivity contribution in [3.8, 4) is 0 Å². The summed E-state index contributed by atoms with van der Waals surface area (Å²) < 4.78 is 0. The van der Waals surface area contributed by atoms with Gasteiger partial charge in [-0.2, -0.15) is 0 Å². The van der Waals surface area contributed by atoms with E-state index >= 15 is 0 Å². The fourth-order valence-electron chi connectivity index (χ4n) is 1.53. The van der Waals surface area contributed by atoms with Crippen LogP contribution in [0.4, 0.5) is 5.69 Å². The minimum Gasteiger partial charge on any atom is -0.345 e. The summed E-state index contributed by atoms with van der Waals surface area (Å²) in [5, 5.41) is 4.67. The lowest BCUT2D eigenvalue weighted by Gasteiger charge is -2.13. The number of hydrogen-bond donors (Lipinski definition) is 1. The van der Waals surface area contributed by atoms with Crippen molar-refractivity contribution in [2.75, 3.05) is 19.4 Å². The van der Waals surface area contributed by atoms with Crippen molar-refractivity contribution in [3.05, 3.63) is 45.4 Å². The smallest absolute Gasteiger partial charge is 0.275 e. The number of carbonyl (C=O) groups excluding carboxylic acids is 2. The minimum absolute atomic E-state index is 0.222. The average Bonchev–Trinajstić information content (AvgIpc) is 2.94. The maximum absolute atomic E-state index is 12.0. The van der Waals surface area contributed by atoms with Crippen LogP contribution in [0.1, 0.15) is 20.8 Å². The fourth-order valence-corrected chi connectivity index (χ4v) is 2.26. The van der Waals surface area contributed by atoms with Crippen LogP contribution in [0, 0.1) is 0 Å². The maximum Gasteiger partial charge on any atom is 0.275 e. The number of rotatable bonds is 3. The molecule has 104 valence electrons. The molecule has 2 rings (SSSR count). The number of thiazole rings is 1. The predicted molar refractivity (Wildman–Crippen MR) is 79.5 cm³/mol. The van der Waals surface area contributed by atoms with E-state index in [0.717, 1.165) is 0 Å². The Bertz CT molecular complexity index is 641. The molecule has 0 spiro atoms. The highest BCUT2D eigenvalue weighted by atomic mass is 35.5. The molecule has 0 saturated heterocycles. The first kappa shape index (κ1) is 14.5. The molecule has 0 aliphatic carbocycles. The summed E-state index contributed by atoms with van der Waals surface area (Å²) in [7, 11) is 3.28. The Morgan fingerprint density at radius 2 is 2.10 bits per heavy atom. The molecule has 1 aromatic heterocycles. The molecule has 0 atom stereocenters. The van der Waals surface area contributed by atoms with E-state index in [1.54, 1.807) is 43.2 Å². The summed E-state index contributed by atoms with van der Waals surface area (Å²) in [5.74, 6) is -0.545. The van der Waals surface area contributed by atoms with E-state index in [4.69, 9.17) is 11.6 Å². The number of hydrogen-bond acceptors (Lipinski definition) is 4. The van der Waals surface area contributed by atoms with Crippen LogP contribution in [0.2, 0.25) is 5.02 Å². The van der Waals surface area contributed by atoms with Crippen LogP contribution in [0.15, 0.2) is 29.1 Å². The van der Waals surface area contributed by atoms with Gasteiger partial charge in [0.15, 0.2) is 0 Å². The van der Waals surface area contributed by atoms with Crippen molar-refractivity contribution in [2.24, 2.45) is 0 Å². The van der Waals surface area contributed by atoms with E-state index in [1.165, 1.54) is 16.2 Å². The summed E-state index contributed by atoms with van der Waals surface area (Å²) in [6, 6.07) is 4.77. The third-order valence-electron chi connectivity index (χ3n) is 2.53. The SMILES string of the molecule is CN(C)C(=O)c1cc(NC(=O)c2cscn2)ccc1Cl. The molecule has 1 N–H and O–H groups in total. The van der Waals surface area contributed by atoms with Crippen LogP contribution in [0.25, 0.3) is 0 Å². The first-order chi connectivity index (χ1) is 9.49. The highest BCUT2D eigenvalue weighted by Crippen LogP contribution is 2.22. The van der Waals surface area contributed by atoms with Crippen molar-refractivity contribution in [3.63, 3.8) is 0 Å². The van der Waals surface area contributed by atoms with Crippen molar-refractivity contribution >= 4 is 40.4 Å². The lowest BCUT2D eigenvalue weighted by Crippen LogP contribution is -2.22. The summed E-state index contributed by atoms with van der Waals surface area (Å²) in [4.78, 5) is 29.2. The Labute approximate surface area is 125 Å². The zero-order chi connectivity index (χ0) is 14.7. The lowest BCUT2D eigenvalue weighted by atomic mass is 10.1. The number of carbonyl (C=O) groups is 2. The third kappa shape index (κ3) is 3.15. The average molecular weight is 310 g/mol. The minimum atomic E-state index is -0.322. The monoisotopic (exact) mass is 309 g/mol. The summed E-state index contributed by atoms with van der Waals surface area (Å²) in [6.45, 7) is 0. The Hall–Kier alpha value is -1.92. The van der Waals surface area contributed by atoms with E-state index in [-0.39, 0.29) is 11.8 Å². The van der Waals surface area contributed by atoms with Crippen LogP contribution >= 0.6 is 22.9 Å². The van der Waals surface area contributed by atoms with Crippen molar-refractivity contribution in [1.29, 1.82) is 0 Å². The molecule has 0 aliphatic rings. The van der Waals surface area contributed by atoms with Crippen molar-refractivity contribution < 1.29 is 9.59 Å². The van der Waals surface area contributed by atoms with Gasteiger partial charge in [0.1, 0.15) is 5.69 Å². The standard InChI is InChI=1S/C13H12ClN3O2S/c1-17(2)13(19)9-5-8(3-4-10(9)14)16-12(18)11-6-20-7-15-11/h3-7H,1-2H3,(H,16,18). The molecule has 0 radical (unpaired) electrons. The third-order valence-corrected chi connectivity index (χ3v) is 3.44. The van der Waals surface area contributed by atoms with Gasteiger partial charge in [-0.15, -0.1) is 11.3 Å². The van der Waals surface area contributed by atoms with E-state index in [9.17, 15) is 9.59 Å². The number of halogens is 1. The number of aromatic nitrogens is 1. The van der Waals surface area contributed by atoms with Gasteiger partial charge < -0.3 is 10.2 Å². The molecule has 0 bridgehead atoms. The van der Waals surface area contributed by atoms with Gasteiger partial charge in [0.25, 0.3) is 11.8 Å². The fraction of sp³-hybridized carbons (Fsp3) is 0.154. The summed E-state index contributed by atoms with van der Waals surface area (Å²) in [5.41, 5.74) is 2.76. The zero-order valence-electron chi connectivity index (χ0n) is 10.9. The van der Waals surface area contributed by atoms with Gasteiger partial charge >= 0.3 is 0 Å². The molecule has 1 heterocycles. The molecule has 0 aliphatic heterocycles. The van der Waals surface area contributed by atoms with Crippen molar-refractivity contribution in [2.45, 2.75) is 0 Å². The van der Waals surface area contributed by atoms with Crippen LogP contribution in [0.5, 0.6) is 0 Å². The maximum atomic E-state index is 12.0. The molecule has 2 aromatic rings. The van der Waals surface area contributed by atoms with E-state index < -0.39 is 0 Å². The molecular formula is C13H12ClN3O2S. The summed E-state index contributed by atoms with van der Waals surface area (Å²) in [6.07, 6.45) is 0.